The van der Waals surface area contributed by atoms with Gasteiger partial charge in [0.05, 0.1) is 6.61 Å². The molecule has 24 heavy (non-hydrogen) atoms. The molecule has 0 radical (unpaired) electrons. The molecule has 1 aliphatic rings. The van der Waals surface area contributed by atoms with Crippen LogP contribution in [0.4, 0.5) is 4.39 Å². The van der Waals surface area contributed by atoms with E-state index in [4.69, 9.17) is 9.26 Å². The molecule has 0 amide bonds. The second-order valence-electron chi connectivity index (χ2n) is 6.11. The molecule has 0 saturated carbocycles. The molecule has 1 aromatic heterocycles. The minimum Gasteiger partial charge on any atom is -0.491 e. The van der Waals surface area contributed by atoms with E-state index in [9.17, 15) is 4.39 Å². The number of hydrogen-bond acceptors (Lipinski definition) is 6. The minimum absolute atomic E-state index is 0.0625. The molecular weight excluding hydrogens is 311 g/mol. The predicted octanol–water partition coefficient (Wildman–Crippen LogP) is 2.40. The van der Waals surface area contributed by atoms with Crippen molar-refractivity contribution in [2.24, 2.45) is 0 Å². The Hall–Kier alpha value is -1.99. The Labute approximate surface area is 141 Å². The summed E-state index contributed by atoms with van der Waals surface area (Å²) < 4.78 is 24.6. The Morgan fingerprint density at radius 3 is 2.88 bits per heavy atom. The van der Waals surface area contributed by atoms with Gasteiger partial charge in [-0.15, -0.1) is 0 Å². The molecule has 1 aromatic carbocycles. The lowest BCUT2D eigenvalue weighted by molar-refractivity contribution is 0.0714. The Morgan fingerprint density at radius 1 is 1.38 bits per heavy atom. The summed E-state index contributed by atoms with van der Waals surface area (Å²) in [5, 5.41) is 3.88. The van der Waals surface area contributed by atoms with Crippen LogP contribution in [0.25, 0.3) is 0 Å². The summed E-state index contributed by atoms with van der Waals surface area (Å²) in [4.78, 5) is 8.84. The molecule has 0 spiro atoms. The van der Waals surface area contributed by atoms with Gasteiger partial charge in [-0.25, -0.2) is 4.39 Å². The van der Waals surface area contributed by atoms with Crippen LogP contribution in [0.3, 0.4) is 0 Å². The number of piperazine rings is 1. The number of benzene rings is 1. The molecule has 1 atom stereocenters. The molecule has 1 aliphatic heterocycles. The zero-order valence-electron chi connectivity index (χ0n) is 14.3. The maximum atomic E-state index is 14.0. The third-order valence-corrected chi connectivity index (χ3v) is 4.26. The van der Waals surface area contributed by atoms with Gasteiger partial charge >= 0.3 is 0 Å². The summed E-state index contributed by atoms with van der Waals surface area (Å²) in [6, 6.07) is 5.23. The van der Waals surface area contributed by atoms with Crippen molar-refractivity contribution in [2.45, 2.75) is 26.4 Å². The first-order chi connectivity index (χ1) is 11.6. The van der Waals surface area contributed by atoms with Crippen LogP contribution in [0.2, 0.25) is 0 Å². The largest absolute Gasteiger partial charge is 0.491 e. The van der Waals surface area contributed by atoms with E-state index in [-0.39, 0.29) is 11.9 Å². The van der Waals surface area contributed by atoms with Crippen LogP contribution >= 0.6 is 0 Å². The smallest absolute Gasteiger partial charge is 0.245 e. The van der Waals surface area contributed by atoms with Crippen molar-refractivity contribution in [3.05, 3.63) is 41.3 Å². The van der Waals surface area contributed by atoms with Crippen molar-refractivity contribution < 1.29 is 13.7 Å². The van der Waals surface area contributed by atoms with Crippen molar-refractivity contribution in [3.8, 4) is 5.75 Å². The first-order valence-corrected chi connectivity index (χ1v) is 8.21. The first kappa shape index (κ1) is 16.9. The SMILES string of the molecule is CCOc1ccc(CN2CCN(C)C(c3nc(C)no3)C2)cc1F. The maximum Gasteiger partial charge on any atom is 0.245 e. The molecule has 2 heterocycles. The van der Waals surface area contributed by atoms with Crippen molar-refractivity contribution in [1.82, 2.24) is 19.9 Å². The molecule has 6 nitrogen and oxygen atoms in total. The van der Waals surface area contributed by atoms with Gasteiger partial charge < -0.3 is 9.26 Å². The second-order valence-corrected chi connectivity index (χ2v) is 6.11. The number of nitrogens with zero attached hydrogens (tertiary/aromatic N) is 4. The van der Waals surface area contributed by atoms with Gasteiger partial charge in [0.25, 0.3) is 0 Å². The number of rotatable bonds is 5. The first-order valence-electron chi connectivity index (χ1n) is 8.21. The molecule has 1 fully saturated rings. The normalized spacial score (nSPS) is 19.6. The van der Waals surface area contributed by atoms with E-state index < -0.39 is 0 Å². The van der Waals surface area contributed by atoms with Crippen LogP contribution in [0.15, 0.2) is 22.7 Å². The highest BCUT2D eigenvalue weighted by Gasteiger charge is 2.29. The van der Waals surface area contributed by atoms with E-state index in [1.54, 1.807) is 12.1 Å². The maximum absolute atomic E-state index is 14.0. The molecular formula is C17H23FN4O2. The molecule has 1 saturated heterocycles. The summed E-state index contributed by atoms with van der Waals surface area (Å²) in [6.07, 6.45) is 0. The molecule has 0 aliphatic carbocycles. The molecule has 130 valence electrons. The van der Waals surface area contributed by atoms with Crippen LogP contribution in [0.1, 0.15) is 30.2 Å². The lowest BCUT2D eigenvalue weighted by atomic mass is 10.1. The fourth-order valence-electron chi connectivity index (χ4n) is 2.96. The van der Waals surface area contributed by atoms with Gasteiger partial charge in [0.1, 0.15) is 6.04 Å². The van der Waals surface area contributed by atoms with E-state index in [0.717, 1.165) is 25.2 Å². The quantitative estimate of drug-likeness (QED) is 0.837. The highest BCUT2D eigenvalue weighted by Crippen LogP contribution is 2.25. The number of ether oxygens (including phenoxy) is 1. The Balaban J connectivity index is 1.68. The van der Waals surface area contributed by atoms with Crippen molar-refractivity contribution in [1.29, 1.82) is 0 Å². The van der Waals surface area contributed by atoms with E-state index in [1.807, 2.05) is 19.9 Å². The average molecular weight is 334 g/mol. The number of hydrogen-bond donors (Lipinski definition) is 0. The monoisotopic (exact) mass is 334 g/mol. The third kappa shape index (κ3) is 3.73. The second kappa shape index (κ2) is 7.27. The van der Waals surface area contributed by atoms with E-state index in [1.165, 1.54) is 0 Å². The topological polar surface area (TPSA) is 54.6 Å². The van der Waals surface area contributed by atoms with Gasteiger partial charge in [-0.1, -0.05) is 11.2 Å². The number of aromatic nitrogens is 2. The molecule has 2 aromatic rings. The average Bonchev–Trinajstić information content (AvgIpc) is 2.98. The highest BCUT2D eigenvalue weighted by atomic mass is 19.1. The van der Waals surface area contributed by atoms with Gasteiger partial charge in [-0.05, 0) is 38.6 Å². The molecule has 7 heteroatoms. The van der Waals surface area contributed by atoms with E-state index in [2.05, 4.69) is 27.0 Å². The van der Waals surface area contributed by atoms with Crippen LogP contribution in [0.5, 0.6) is 5.75 Å². The zero-order valence-corrected chi connectivity index (χ0v) is 14.3. The molecule has 0 bridgehead atoms. The predicted molar refractivity (Wildman–Crippen MR) is 87.3 cm³/mol. The summed E-state index contributed by atoms with van der Waals surface area (Å²) in [5.41, 5.74) is 0.931. The van der Waals surface area contributed by atoms with Crippen molar-refractivity contribution >= 4 is 0 Å². The summed E-state index contributed by atoms with van der Waals surface area (Å²) in [6.45, 7) is 7.38. The standard InChI is InChI=1S/C17H23FN4O2/c1-4-23-16-6-5-13(9-14(16)18)10-22-8-7-21(3)15(11-22)17-19-12(2)20-24-17/h5-6,9,15H,4,7-8,10-11H2,1-3H3. The number of aryl methyl sites for hydroxylation is 1. The highest BCUT2D eigenvalue weighted by molar-refractivity contribution is 5.29. The molecule has 3 rings (SSSR count). The van der Waals surface area contributed by atoms with Gasteiger partial charge in [0.15, 0.2) is 17.4 Å². The van der Waals surface area contributed by atoms with E-state index in [0.29, 0.717) is 30.6 Å². The van der Waals surface area contributed by atoms with Gasteiger partial charge in [-0.2, -0.15) is 4.98 Å². The fourth-order valence-corrected chi connectivity index (χ4v) is 2.96. The summed E-state index contributed by atoms with van der Waals surface area (Å²) >= 11 is 0. The van der Waals surface area contributed by atoms with Crippen LogP contribution < -0.4 is 4.74 Å². The summed E-state index contributed by atoms with van der Waals surface area (Å²) in [5.74, 6) is 1.27. The lowest BCUT2D eigenvalue weighted by Crippen LogP contribution is -2.46. The van der Waals surface area contributed by atoms with Crippen molar-refractivity contribution in [3.63, 3.8) is 0 Å². The fraction of sp³-hybridized carbons (Fsp3) is 0.529. The van der Waals surface area contributed by atoms with Crippen LogP contribution in [0, 0.1) is 12.7 Å². The summed E-state index contributed by atoms with van der Waals surface area (Å²) in [7, 11) is 2.05. The van der Waals surface area contributed by atoms with Crippen molar-refractivity contribution in [2.75, 3.05) is 33.3 Å². The number of likely N-dealkylation sites (N-methyl/N-ethyl adjacent to an activating group) is 1. The Morgan fingerprint density at radius 2 is 2.21 bits per heavy atom. The minimum atomic E-state index is -0.312. The molecule has 1 unspecified atom stereocenters. The van der Waals surface area contributed by atoms with Gasteiger partial charge in [0, 0.05) is 26.2 Å². The Bertz CT molecular complexity index is 691. The Kier molecular flexibility index (Phi) is 5.11. The van der Waals surface area contributed by atoms with Crippen LogP contribution in [-0.2, 0) is 6.54 Å². The van der Waals surface area contributed by atoms with Gasteiger partial charge in [0.2, 0.25) is 5.89 Å². The zero-order chi connectivity index (χ0) is 17.1. The lowest BCUT2D eigenvalue weighted by Gasteiger charge is -2.37. The molecule has 0 N–H and O–H groups in total. The number of halogens is 1. The van der Waals surface area contributed by atoms with Crippen LogP contribution in [-0.4, -0.2) is 53.2 Å². The third-order valence-electron chi connectivity index (χ3n) is 4.26. The van der Waals surface area contributed by atoms with E-state index >= 15 is 0 Å². The van der Waals surface area contributed by atoms with Gasteiger partial charge in [-0.3, -0.25) is 9.80 Å².